The Morgan fingerprint density at radius 3 is 2.46 bits per heavy atom. The van der Waals surface area contributed by atoms with Gasteiger partial charge in [-0.3, -0.25) is 4.79 Å². The number of amides is 1. The number of benzene rings is 2. The van der Waals surface area contributed by atoms with Crippen LogP contribution in [0.4, 0.5) is 0 Å². The average molecular weight is 401 g/mol. The second-order valence-corrected chi connectivity index (χ2v) is 9.12. The van der Waals surface area contributed by atoms with Crippen molar-refractivity contribution in [2.24, 2.45) is 0 Å². The summed E-state index contributed by atoms with van der Waals surface area (Å²) in [6.45, 7) is 1.54. The molecule has 1 atom stereocenters. The highest BCUT2D eigenvalue weighted by molar-refractivity contribution is 7.89. The number of hydrogen-bond acceptors (Lipinski definition) is 4. The van der Waals surface area contributed by atoms with Gasteiger partial charge in [-0.25, -0.2) is 8.42 Å². The van der Waals surface area contributed by atoms with Crippen LogP contribution in [0.2, 0.25) is 0 Å². The lowest BCUT2D eigenvalue weighted by Gasteiger charge is -2.33. The van der Waals surface area contributed by atoms with Gasteiger partial charge in [-0.2, -0.15) is 4.31 Å². The molecule has 0 N–H and O–H groups in total. The van der Waals surface area contributed by atoms with E-state index in [2.05, 4.69) is 6.07 Å². The van der Waals surface area contributed by atoms with Crippen molar-refractivity contribution in [2.45, 2.75) is 36.7 Å². The molecule has 1 unspecified atom stereocenters. The van der Waals surface area contributed by atoms with Gasteiger partial charge in [-0.05, 0) is 54.7 Å². The predicted molar refractivity (Wildman–Crippen MR) is 105 cm³/mol. The number of ether oxygens (including phenoxy) is 1. The number of fused-ring (bicyclic) bond motifs is 1. The Morgan fingerprint density at radius 2 is 1.75 bits per heavy atom. The second kappa shape index (κ2) is 7.56. The van der Waals surface area contributed by atoms with E-state index in [1.165, 1.54) is 29.1 Å². The fourth-order valence-electron chi connectivity index (χ4n) is 4.05. The third-order valence-corrected chi connectivity index (χ3v) is 7.52. The quantitative estimate of drug-likeness (QED) is 0.791. The number of methoxy groups -OCH3 is 1. The minimum Gasteiger partial charge on any atom is -0.497 e. The molecule has 2 aromatic carbocycles. The molecule has 0 saturated carbocycles. The highest BCUT2D eigenvalue weighted by Gasteiger charge is 2.41. The van der Waals surface area contributed by atoms with Gasteiger partial charge in [0.15, 0.2) is 0 Å². The highest BCUT2D eigenvalue weighted by atomic mass is 32.2. The zero-order chi connectivity index (χ0) is 19.7. The predicted octanol–water partition coefficient (Wildman–Crippen LogP) is 2.43. The molecule has 7 heteroatoms. The smallest absolute Gasteiger partial charge is 0.243 e. The summed E-state index contributed by atoms with van der Waals surface area (Å²) in [6.07, 6.45) is 2.06. The molecule has 0 aliphatic carbocycles. The summed E-state index contributed by atoms with van der Waals surface area (Å²) in [5, 5.41) is 0. The van der Waals surface area contributed by atoms with Gasteiger partial charge in [0.25, 0.3) is 0 Å². The minimum atomic E-state index is -3.73. The maximum absolute atomic E-state index is 13.2. The van der Waals surface area contributed by atoms with Gasteiger partial charge in [0.1, 0.15) is 11.8 Å². The van der Waals surface area contributed by atoms with Gasteiger partial charge in [-0.15, -0.1) is 0 Å². The summed E-state index contributed by atoms with van der Waals surface area (Å²) in [5.41, 5.74) is 2.41. The topological polar surface area (TPSA) is 66.9 Å². The molecule has 148 valence electrons. The SMILES string of the molecule is COc1ccc(S(=O)(=O)N2CCCC2C(=O)N2CCc3ccccc3C2)cc1. The van der Waals surface area contributed by atoms with E-state index in [4.69, 9.17) is 4.74 Å². The molecule has 2 aliphatic rings. The average Bonchev–Trinajstić information content (AvgIpc) is 3.23. The monoisotopic (exact) mass is 400 g/mol. The fraction of sp³-hybridized carbons (Fsp3) is 0.381. The summed E-state index contributed by atoms with van der Waals surface area (Å²) in [6, 6.07) is 13.8. The van der Waals surface area contributed by atoms with Crippen molar-refractivity contribution in [2.75, 3.05) is 20.2 Å². The van der Waals surface area contributed by atoms with Crippen molar-refractivity contribution >= 4 is 15.9 Å². The van der Waals surface area contributed by atoms with Gasteiger partial charge in [0, 0.05) is 19.6 Å². The van der Waals surface area contributed by atoms with Crippen LogP contribution in [0.3, 0.4) is 0 Å². The van der Waals surface area contributed by atoms with Crippen LogP contribution in [0.1, 0.15) is 24.0 Å². The van der Waals surface area contributed by atoms with Crippen molar-refractivity contribution < 1.29 is 17.9 Å². The van der Waals surface area contributed by atoms with Crippen molar-refractivity contribution in [1.29, 1.82) is 0 Å². The van der Waals surface area contributed by atoms with Crippen LogP contribution in [0.15, 0.2) is 53.4 Å². The van der Waals surface area contributed by atoms with Crippen LogP contribution in [-0.4, -0.2) is 49.8 Å². The normalized spacial score (nSPS) is 20.0. The molecule has 6 nitrogen and oxygen atoms in total. The lowest BCUT2D eigenvalue weighted by atomic mass is 9.99. The number of sulfonamides is 1. The summed E-state index contributed by atoms with van der Waals surface area (Å²) in [4.78, 5) is 15.2. The Balaban J connectivity index is 1.55. The first-order chi connectivity index (χ1) is 13.5. The molecule has 4 rings (SSSR count). The minimum absolute atomic E-state index is 0.0934. The van der Waals surface area contributed by atoms with Crippen LogP contribution in [0.25, 0.3) is 0 Å². The van der Waals surface area contributed by atoms with Crippen molar-refractivity contribution in [3.05, 3.63) is 59.7 Å². The van der Waals surface area contributed by atoms with Crippen molar-refractivity contribution in [3.63, 3.8) is 0 Å². The summed E-state index contributed by atoms with van der Waals surface area (Å²) >= 11 is 0. The Labute approximate surface area is 165 Å². The van der Waals surface area contributed by atoms with Gasteiger partial charge in [0.2, 0.25) is 15.9 Å². The molecule has 0 radical (unpaired) electrons. The summed E-state index contributed by atoms with van der Waals surface area (Å²) in [5.74, 6) is 0.504. The third kappa shape index (κ3) is 3.40. The van der Waals surface area contributed by atoms with E-state index in [-0.39, 0.29) is 10.8 Å². The standard InChI is InChI=1S/C21H24N2O4S/c1-27-18-8-10-19(11-9-18)28(25,26)23-13-4-7-20(23)21(24)22-14-12-16-5-2-3-6-17(16)15-22/h2-3,5-6,8-11,20H,4,7,12-15H2,1H3. The molecular formula is C21H24N2O4S. The van der Waals surface area contributed by atoms with Gasteiger partial charge < -0.3 is 9.64 Å². The lowest BCUT2D eigenvalue weighted by molar-refractivity contribution is -0.135. The maximum Gasteiger partial charge on any atom is 0.243 e. The molecule has 2 aromatic rings. The zero-order valence-corrected chi connectivity index (χ0v) is 16.7. The van der Waals surface area contributed by atoms with E-state index in [1.807, 2.05) is 18.2 Å². The van der Waals surface area contributed by atoms with E-state index in [0.29, 0.717) is 38.2 Å². The first kappa shape index (κ1) is 19.0. The van der Waals surface area contributed by atoms with Gasteiger partial charge in [-0.1, -0.05) is 24.3 Å². The Morgan fingerprint density at radius 1 is 1.04 bits per heavy atom. The summed E-state index contributed by atoms with van der Waals surface area (Å²) < 4.78 is 32.8. The number of carbonyl (C=O) groups excluding carboxylic acids is 1. The molecule has 1 amide bonds. The number of carbonyl (C=O) groups is 1. The molecule has 1 saturated heterocycles. The van der Waals surface area contributed by atoms with E-state index in [1.54, 1.807) is 17.0 Å². The Hall–Kier alpha value is -2.38. The maximum atomic E-state index is 13.2. The van der Waals surface area contributed by atoms with Crippen molar-refractivity contribution in [1.82, 2.24) is 9.21 Å². The second-order valence-electron chi connectivity index (χ2n) is 7.23. The van der Waals surface area contributed by atoms with E-state index in [0.717, 1.165) is 12.0 Å². The number of hydrogen-bond donors (Lipinski definition) is 0. The number of rotatable bonds is 4. The first-order valence-corrected chi connectivity index (χ1v) is 11.0. The first-order valence-electron chi connectivity index (χ1n) is 9.52. The molecule has 2 aliphatic heterocycles. The van der Waals surface area contributed by atoms with E-state index in [9.17, 15) is 13.2 Å². The molecular weight excluding hydrogens is 376 g/mol. The van der Waals surface area contributed by atoms with E-state index < -0.39 is 16.1 Å². The van der Waals surface area contributed by atoms with Gasteiger partial charge in [0.05, 0.1) is 12.0 Å². The van der Waals surface area contributed by atoms with Crippen LogP contribution in [0, 0.1) is 0 Å². The van der Waals surface area contributed by atoms with Crippen LogP contribution >= 0.6 is 0 Å². The van der Waals surface area contributed by atoms with Crippen molar-refractivity contribution in [3.8, 4) is 5.75 Å². The Bertz CT molecular complexity index is 972. The molecule has 28 heavy (non-hydrogen) atoms. The largest absolute Gasteiger partial charge is 0.497 e. The zero-order valence-electron chi connectivity index (χ0n) is 15.9. The highest BCUT2D eigenvalue weighted by Crippen LogP contribution is 2.29. The number of nitrogens with zero attached hydrogens (tertiary/aromatic N) is 2. The van der Waals surface area contributed by atoms with Gasteiger partial charge >= 0.3 is 0 Å². The third-order valence-electron chi connectivity index (χ3n) is 5.60. The molecule has 0 spiro atoms. The fourth-order valence-corrected chi connectivity index (χ4v) is 5.70. The van der Waals surface area contributed by atoms with Crippen LogP contribution < -0.4 is 4.74 Å². The molecule has 1 fully saturated rings. The summed E-state index contributed by atoms with van der Waals surface area (Å²) in [7, 11) is -2.19. The van der Waals surface area contributed by atoms with Crippen LogP contribution in [0.5, 0.6) is 5.75 Å². The lowest BCUT2D eigenvalue weighted by Crippen LogP contribution is -2.49. The molecule has 0 bridgehead atoms. The Kier molecular flexibility index (Phi) is 5.12. The molecule has 2 heterocycles. The molecule has 0 aromatic heterocycles. The van der Waals surface area contributed by atoms with E-state index >= 15 is 0 Å². The van der Waals surface area contributed by atoms with Crippen LogP contribution in [-0.2, 0) is 27.8 Å².